The number of amides is 1. The Balaban J connectivity index is 0.00000288. The number of piperidine rings is 1. The summed E-state index contributed by atoms with van der Waals surface area (Å²) in [6.07, 6.45) is 2.80. The van der Waals surface area contributed by atoms with Gasteiger partial charge >= 0.3 is 0 Å². The molecular formula is C15H26ClN3O4S. The Morgan fingerprint density at radius 1 is 1.42 bits per heavy atom. The number of aryl methyl sites for hydroxylation is 1. The van der Waals surface area contributed by atoms with Gasteiger partial charge in [-0.15, -0.1) is 12.4 Å². The number of furan rings is 1. The second-order valence-electron chi connectivity index (χ2n) is 6.24. The summed E-state index contributed by atoms with van der Waals surface area (Å²) in [4.78, 5) is 14.5. The van der Waals surface area contributed by atoms with Crippen molar-refractivity contribution in [1.82, 2.24) is 9.21 Å². The van der Waals surface area contributed by atoms with Crippen LogP contribution in [0.3, 0.4) is 0 Å². The molecule has 1 aromatic heterocycles. The smallest absolute Gasteiger partial charge is 0.289 e. The van der Waals surface area contributed by atoms with Gasteiger partial charge < -0.3 is 15.1 Å². The van der Waals surface area contributed by atoms with Crippen molar-refractivity contribution in [3.05, 3.63) is 17.6 Å². The highest BCUT2D eigenvalue weighted by molar-refractivity contribution is 7.89. The molecule has 2 rings (SSSR count). The van der Waals surface area contributed by atoms with Crippen LogP contribution in [0.15, 0.2) is 15.4 Å². The highest BCUT2D eigenvalue weighted by Gasteiger charge is 2.33. The molecule has 2 N–H and O–H groups in total. The minimum atomic E-state index is -3.64. The van der Waals surface area contributed by atoms with Gasteiger partial charge in [0, 0.05) is 38.8 Å². The second-order valence-corrected chi connectivity index (χ2v) is 8.36. The third-order valence-corrected chi connectivity index (χ3v) is 6.18. The molecule has 2 unspecified atom stereocenters. The third-order valence-electron chi connectivity index (χ3n) is 4.26. The topological polar surface area (TPSA) is 96.8 Å². The standard InChI is InChI=1S/C15H25N3O4S.ClH/c1-10(16)12-7-5-6-8-18(12)15(19)13-9-14(11(2)22-13)23(20,21)17(3)4;/h9-10,12H,5-8,16H2,1-4H3;1H. The number of hydrogen-bond acceptors (Lipinski definition) is 5. The highest BCUT2D eigenvalue weighted by Crippen LogP contribution is 2.26. The van der Waals surface area contributed by atoms with Crippen molar-refractivity contribution in [3.63, 3.8) is 0 Å². The summed E-state index contributed by atoms with van der Waals surface area (Å²) < 4.78 is 31.1. The van der Waals surface area contributed by atoms with E-state index in [0.29, 0.717) is 6.54 Å². The minimum Gasteiger partial charge on any atom is -0.455 e. The third kappa shape index (κ3) is 3.93. The lowest BCUT2D eigenvalue weighted by molar-refractivity contribution is 0.0550. The van der Waals surface area contributed by atoms with E-state index in [2.05, 4.69) is 0 Å². The van der Waals surface area contributed by atoms with Gasteiger partial charge in [-0.25, -0.2) is 12.7 Å². The molecule has 2 atom stereocenters. The molecule has 1 fully saturated rings. The van der Waals surface area contributed by atoms with Gasteiger partial charge in [0.05, 0.1) is 0 Å². The van der Waals surface area contributed by atoms with Crippen molar-refractivity contribution >= 4 is 28.3 Å². The van der Waals surface area contributed by atoms with E-state index < -0.39 is 10.0 Å². The molecule has 1 aromatic rings. The molecule has 1 aliphatic rings. The molecule has 0 aliphatic carbocycles. The van der Waals surface area contributed by atoms with Gasteiger partial charge in [-0.1, -0.05) is 0 Å². The van der Waals surface area contributed by atoms with E-state index in [9.17, 15) is 13.2 Å². The molecule has 1 amide bonds. The maximum Gasteiger partial charge on any atom is 0.289 e. The fraction of sp³-hybridized carbons (Fsp3) is 0.667. The first-order valence-corrected chi connectivity index (χ1v) is 9.19. The van der Waals surface area contributed by atoms with Crippen LogP contribution in [0.1, 0.15) is 42.5 Å². The van der Waals surface area contributed by atoms with Crippen molar-refractivity contribution in [2.24, 2.45) is 5.73 Å². The minimum absolute atomic E-state index is 0. The molecule has 7 nitrogen and oxygen atoms in total. The number of sulfonamides is 1. The zero-order chi connectivity index (χ0) is 17.4. The van der Waals surface area contributed by atoms with Crippen LogP contribution >= 0.6 is 12.4 Å². The Kier molecular flexibility index (Phi) is 6.86. The lowest BCUT2D eigenvalue weighted by Crippen LogP contribution is -2.51. The van der Waals surface area contributed by atoms with E-state index in [1.807, 2.05) is 6.92 Å². The lowest BCUT2D eigenvalue weighted by atomic mass is 9.96. The SMILES string of the molecule is Cc1oc(C(=O)N2CCCCC2C(C)N)cc1S(=O)(=O)N(C)C.Cl. The number of nitrogens with two attached hydrogens (primary N) is 1. The van der Waals surface area contributed by atoms with Crippen LogP contribution < -0.4 is 5.73 Å². The van der Waals surface area contributed by atoms with E-state index >= 15 is 0 Å². The molecule has 9 heteroatoms. The number of carbonyl (C=O) groups excluding carboxylic acids is 1. The number of likely N-dealkylation sites (tertiary alicyclic amines) is 1. The van der Waals surface area contributed by atoms with Gasteiger partial charge in [0.2, 0.25) is 10.0 Å². The average molecular weight is 380 g/mol. The van der Waals surface area contributed by atoms with Crippen molar-refractivity contribution < 1.29 is 17.6 Å². The van der Waals surface area contributed by atoms with Crippen LogP contribution in [-0.4, -0.2) is 56.3 Å². The van der Waals surface area contributed by atoms with E-state index in [1.54, 1.807) is 11.8 Å². The van der Waals surface area contributed by atoms with E-state index in [-0.39, 0.29) is 46.8 Å². The molecule has 24 heavy (non-hydrogen) atoms. The zero-order valence-electron chi connectivity index (χ0n) is 14.5. The first-order valence-electron chi connectivity index (χ1n) is 7.75. The Labute approximate surface area is 149 Å². The largest absolute Gasteiger partial charge is 0.455 e. The lowest BCUT2D eigenvalue weighted by Gasteiger charge is -2.37. The summed E-state index contributed by atoms with van der Waals surface area (Å²) in [5.41, 5.74) is 5.99. The zero-order valence-corrected chi connectivity index (χ0v) is 16.1. The number of hydrogen-bond donors (Lipinski definition) is 1. The molecule has 0 saturated carbocycles. The summed E-state index contributed by atoms with van der Waals surface area (Å²) in [7, 11) is -0.748. The highest BCUT2D eigenvalue weighted by atomic mass is 35.5. The van der Waals surface area contributed by atoms with Gasteiger partial charge in [0.15, 0.2) is 5.76 Å². The van der Waals surface area contributed by atoms with Crippen molar-refractivity contribution in [2.75, 3.05) is 20.6 Å². The number of halogens is 1. The van der Waals surface area contributed by atoms with Crippen LogP contribution in [0.5, 0.6) is 0 Å². The number of carbonyl (C=O) groups is 1. The molecule has 0 bridgehead atoms. The van der Waals surface area contributed by atoms with Crippen LogP contribution in [0.25, 0.3) is 0 Å². The van der Waals surface area contributed by atoms with E-state index in [1.165, 1.54) is 20.2 Å². The summed E-state index contributed by atoms with van der Waals surface area (Å²) >= 11 is 0. The molecule has 1 aliphatic heterocycles. The molecule has 0 radical (unpaired) electrons. The molecule has 1 saturated heterocycles. The average Bonchev–Trinajstić information content (AvgIpc) is 2.88. The van der Waals surface area contributed by atoms with Gasteiger partial charge in [0.1, 0.15) is 10.7 Å². The normalized spacial score (nSPS) is 19.9. The van der Waals surface area contributed by atoms with Gasteiger partial charge in [0.25, 0.3) is 5.91 Å². The van der Waals surface area contributed by atoms with Crippen LogP contribution in [0.4, 0.5) is 0 Å². The van der Waals surface area contributed by atoms with Crippen molar-refractivity contribution in [3.8, 4) is 0 Å². The quantitative estimate of drug-likeness (QED) is 0.856. The van der Waals surface area contributed by atoms with Gasteiger partial charge in [-0.05, 0) is 33.1 Å². The maximum atomic E-state index is 12.7. The Morgan fingerprint density at radius 3 is 2.58 bits per heavy atom. The van der Waals surface area contributed by atoms with Gasteiger partial charge in [-0.2, -0.15) is 0 Å². The van der Waals surface area contributed by atoms with E-state index in [0.717, 1.165) is 23.6 Å². The number of nitrogens with zero attached hydrogens (tertiary/aromatic N) is 2. The molecule has 0 spiro atoms. The van der Waals surface area contributed by atoms with Crippen LogP contribution in [0.2, 0.25) is 0 Å². The summed E-state index contributed by atoms with van der Waals surface area (Å²) in [5.74, 6) is -0.0258. The summed E-state index contributed by atoms with van der Waals surface area (Å²) in [6.45, 7) is 4.04. The monoisotopic (exact) mass is 379 g/mol. The van der Waals surface area contributed by atoms with Crippen LogP contribution in [-0.2, 0) is 10.0 Å². The fourth-order valence-corrected chi connectivity index (χ4v) is 3.98. The number of rotatable bonds is 4. The predicted octanol–water partition coefficient (Wildman–Crippen LogP) is 1.60. The first kappa shape index (κ1) is 21.0. The molecular weight excluding hydrogens is 354 g/mol. The maximum absolute atomic E-state index is 12.7. The fourth-order valence-electron chi connectivity index (χ4n) is 2.92. The second kappa shape index (κ2) is 7.86. The molecule has 2 heterocycles. The Bertz CT molecular complexity index is 685. The first-order chi connectivity index (χ1) is 10.7. The van der Waals surface area contributed by atoms with Crippen LogP contribution in [0, 0.1) is 6.92 Å². The molecule has 138 valence electrons. The summed E-state index contributed by atoms with van der Waals surface area (Å²) in [6, 6.07) is 1.13. The van der Waals surface area contributed by atoms with Crippen molar-refractivity contribution in [2.45, 2.75) is 50.1 Å². The molecule has 0 aromatic carbocycles. The summed E-state index contributed by atoms with van der Waals surface area (Å²) in [5, 5.41) is 0. The van der Waals surface area contributed by atoms with Gasteiger partial charge in [-0.3, -0.25) is 4.79 Å². The Morgan fingerprint density at radius 2 is 2.04 bits per heavy atom. The van der Waals surface area contributed by atoms with Crippen molar-refractivity contribution in [1.29, 1.82) is 0 Å². The Hall–Kier alpha value is -1.09. The van der Waals surface area contributed by atoms with E-state index in [4.69, 9.17) is 10.2 Å². The predicted molar refractivity (Wildman–Crippen MR) is 93.9 cm³/mol.